The summed E-state index contributed by atoms with van der Waals surface area (Å²) in [7, 11) is 0. The Morgan fingerprint density at radius 2 is 2.00 bits per heavy atom. The molecule has 2 aromatic carbocycles. The summed E-state index contributed by atoms with van der Waals surface area (Å²) in [5.74, 6) is 0.731. The highest BCUT2D eigenvalue weighted by Gasteiger charge is 2.05. The summed E-state index contributed by atoms with van der Waals surface area (Å²) in [5, 5.41) is 12.8. The van der Waals surface area contributed by atoms with Crippen molar-refractivity contribution in [3.63, 3.8) is 0 Å². The van der Waals surface area contributed by atoms with E-state index in [9.17, 15) is 9.90 Å². The average Bonchev–Trinajstić information content (AvgIpc) is 2.53. The smallest absolute Gasteiger partial charge is 0.211 e. The first kappa shape index (κ1) is 15.5. The topological polar surface area (TPSA) is 58.6 Å². The highest BCUT2D eigenvalue weighted by atomic mass is 79.9. The van der Waals surface area contributed by atoms with Crippen molar-refractivity contribution in [3.8, 4) is 5.75 Å². The molecule has 0 spiro atoms. The van der Waals surface area contributed by atoms with E-state index in [2.05, 4.69) is 21.2 Å². The number of carbonyl (C=O) groups excluding carboxylic acids is 1. The molecule has 0 saturated carbocycles. The first-order valence-corrected chi connectivity index (χ1v) is 7.61. The molecular weight excluding hydrogens is 334 g/mol. The number of anilines is 1. The molecule has 2 aromatic rings. The lowest BCUT2D eigenvalue weighted by Gasteiger charge is -2.10. The molecule has 0 aliphatic heterocycles. The van der Waals surface area contributed by atoms with Crippen molar-refractivity contribution in [2.24, 2.45) is 0 Å². The molecule has 5 heteroatoms. The van der Waals surface area contributed by atoms with Gasteiger partial charge in [-0.1, -0.05) is 40.2 Å². The van der Waals surface area contributed by atoms with Crippen molar-refractivity contribution in [2.45, 2.75) is 12.7 Å². The first-order valence-electron chi connectivity index (χ1n) is 6.49. The lowest BCUT2D eigenvalue weighted by Crippen LogP contribution is -2.00. The van der Waals surface area contributed by atoms with Crippen molar-refractivity contribution in [1.82, 2.24) is 0 Å². The maximum Gasteiger partial charge on any atom is 0.211 e. The molecule has 0 saturated heterocycles. The third-order valence-electron chi connectivity index (χ3n) is 2.97. The number of benzene rings is 2. The van der Waals surface area contributed by atoms with Gasteiger partial charge in [-0.2, -0.15) is 0 Å². The van der Waals surface area contributed by atoms with Crippen LogP contribution in [0.5, 0.6) is 5.75 Å². The quantitative estimate of drug-likeness (QED) is 0.595. The fraction of sp³-hybridized carbons (Fsp3) is 0.188. The fourth-order valence-corrected chi connectivity index (χ4v) is 2.23. The number of ether oxygens (including phenoxy) is 1. The summed E-state index contributed by atoms with van der Waals surface area (Å²) in [6.45, 7) is 0.411. The van der Waals surface area contributed by atoms with Crippen LogP contribution in [0.4, 0.5) is 5.69 Å². The average molecular weight is 350 g/mol. The van der Waals surface area contributed by atoms with E-state index in [1.807, 2.05) is 48.5 Å². The molecule has 0 aliphatic rings. The van der Waals surface area contributed by atoms with E-state index in [-0.39, 0.29) is 0 Å². The van der Waals surface area contributed by atoms with Crippen molar-refractivity contribution in [1.29, 1.82) is 0 Å². The second kappa shape index (κ2) is 7.81. The molecule has 0 unspecified atom stereocenters. The molecule has 0 bridgehead atoms. The molecule has 0 heterocycles. The number of aliphatic hydroxyl groups excluding tert-OH is 1. The lowest BCUT2D eigenvalue weighted by molar-refractivity contribution is -0.105. The molecule has 1 atom stereocenters. The van der Waals surface area contributed by atoms with Gasteiger partial charge in [-0.15, -0.1) is 0 Å². The Hall–Kier alpha value is -1.85. The minimum absolute atomic E-state index is 0.411. The van der Waals surface area contributed by atoms with Crippen LogP contribution in [-0.4, -0.2) is 16.8 Å². The van der Waals surface area contributed by atoms with Crippen molar-refractivity contribution >= 4 is 28.0 Å². The van der Waals surface area contributed by atoms with Gasteiger partial charge in [-0.25, -0.2) is 0 Å². The van der Waals surface area contributed by atoms with Crippen LogP contribution in [0.15, 0.2) is 48.5 Å². The second-order valence-corrected chi connectivity index (χ2v) is 5.14. The molecule has 0 radical (unpaired) electrons. The van der Waals surface area contributed by atoms with E-state index >= 15 is 0 Å². The molecular formula is C16H16BrNO3. The number of alkyl halides is 1. The van der Waals surface area contributed by atoms with Crippen LogP contribution in [0.1, 0.15) is 17.2 Å². The number of nitrogens with one attached hydrogen (secondary N) is 1. The summed E-state index contributed by atoms with van der Waals surface area (Å²) < 4.78 is 5.68. The Bertz CT molecular complexity index is 586. The number of aliphatic hydroxyl groups is 1. The first-order chi connectivity index (χ1) is 10.2. The van der Waals surface area contributed by atoms with Crippen molar-refractivity contribution in [3.05, 3.63) is 59.7 Å². The molecule has 110 valence electrons. The Morgan fingerprint density at radius 3 is 2.67 bits per heavy atom. The SMILES string of the molecule is O=CNc1cccc(COc2ccc([C@@H](O)CBr)cc2)c1. The standard InChI is InChI=1S/C16H16BrNO3/c17-9-16(20)13-4-6-15(7-5-13)21-10-12-2-1-3-14(8-12)18-11-19/h1-8,11,16,20H,9-10H2,(H,18,19)/t16-/m0/s1. The number of hydrogen-bond acceptors (Lipinski definition) is 3. The maximum absolute atomic E-state index is 10.4. The van der Waals surface area contributed by atoms with Crippen LogP contribution in [-0.2, 0) is 11.4 Å². The third kappa shape index (κ3) is 4.58. The molecule has 0 aliphatic carbocycles. The minimum Gasteiger partial charge on any atom is -0.489 e. The highest BCUT2D eigenvalue weighted by molar-refractivity contribution is 9.09. The summed E-state index contributed by atoms with van der Waals surface area (Å²) in [6, 6.07) is 14.8. The summed E-state index contributed by atoms with van der Waals surface area (Å²) in [5.41, 5.74) is 2.55. The fourth-order valence-electron chi connectivity index (χ4n) is 1.86. The van der Waals surface area contributed by atoms with Gasteiger partial charge in [0.25, 0.3) is 0 Å². The van der Waals surface area contributed by atoms with Gasteiger partial charge in [0, 0.05) is 11.0 Å². The molecule has 4 nitrogen and oxygen atoms in total. The zero-order chi connectivity index (χ0) is 15.1. The number of hydrogen-bond donors (Lipinski definition) is 2. The van der Waals surface area contributed by atoms with E-state index in [1.54, 1.807) is 0 Å². The van der Waals surface area contributed by atoms with Gasteiger partial charge in [0.05, 0.1) is 6.10 Å². The second-order valence-electron chi connectivity index (χ2n) is 4.49. The van der Waals surface area contributed by atoms with Crippen LogP contribution in [0, 0.1) is 0 Å². The predicted octanol–water partition coefficient (Wildman–Crippen LogP) is 3.26. The van der Waals surface area contributed by atoms with Crippen LogP contribution in [0.3, 0.4) is 0 Å². The molecule has 0 fully saturated rings. The van der Waals surface area contributed by atoms with Crippen molar-refractivity contribution < 1.29 is 14.6 Å². The van der Waals surface area contributed by atoms with E-state index < -0.39 is 6.10 Å². The van der Waals surface area contributed by atoms with E-state index in [1.165, 1.54) is 0 Å². The molecule has 2 rings (SSSR count). The van der Waals surface area contributed by atoms with E-state index in [0.29, 0.717) is 18.3 Å². The largest absolute Gasteiger partial charge is 0.489 e. The van der Waals surface area contributed by atoms with Gasteiger partial charge in [0.1, 0.15) is 12.4 Å². The number of carbonyl (C=O) groups is 1. The minimum atomic E-state index is -0.509. The van der Waals surface area contributed by atoms with Crippen LogP contribution < -0.4 is 10.1 Å². The Labute approximate surface area is 131 Å². The zero-order valence-electron chi connectivity index (χ0n) is 11.3. The van der Waals surface area contributed by atoms with Gasteiger partial charge in [0.2, 0.25) is 6.41 Å². The van der Waals surface area contributed by atoms with Gasteiger partial charge in [-0.3, -0.25) is 4.79 Å². The van der Waals surface area contributed by atoms with E-state index in [0.717, 1.165) is 22.6 Å². The molecule has 21 heavy (non-hydrogen) atoms. The highest BCUT2D eigenvalue weighted by Crippen LogP contribution is 2.20. The number of rotatable bonds is 7. The van der Waals surface area contributed by atoms with Crippen LogP contribution in [0.25, 0.3) is 0 Å². The van der Waals surface area contributed by atoms with Gasteiger partial charge < -0.3 is 15.2 Å². The van der Waals surface area contributed by atoms with Crippen molar-refractivity contribution in [2.75, 3.05) is 10.6 Å². The van der Waals surface area contributed by atoms with Gasteiger partial charge >= 0.3 is 0 Å². The van der Waals surface area contributed by atoms with Crippen LogP contribution >= 0.6 is 15.9 Å². The molecule has 0 aromatic heterocycles. The normalized spacial score (nSPS) is 11.7. The summed E-state index contributed by atoms with van der Waals surface area (Å²) >= 11 is 3.24. The van der Waals surface area contributed by atoms with Crippen LogP contribution in [0.2, 0.25) is 0 Å². The monoisotopic (exact) mass is 349 g/mol. The predicted molar refractivity (Wildman–Crippen MR) is 85.7 cm³/mol. The lowest BCUT2D eigenvalue weighted by atomic mass is 10.1. The zero-order valence-corrected chi connectivity index (χ0v) is 12.9. The third-order valence-corrected chi connectivity index (χ3v) is 3.58. The van der Waals surface area contributed by atoms with Gasteiger partial charge in [-0.05, 0) is 35.4 Å². The van der Waals surface area contributed by atoms with E-state index in [4.69, 9.17) is 4.74 Å². The Morgan fingerprint density at radius 1 is 1.24 bits per heavy atom. The molecule has 2 N–H and O–H groups in total. The Balaban J connectivity index is 1.96. The Kier molecular flexibility index (Phi) is 5.78. The number of amides is 1. The maximum atomic E-state index is 10.4. The molecule has 1 amide bonds. The number of halogens is 1. The summed E-state index contributed by atoms with van der Waals surface area (Å²) in [6.07, 6.45) is 0.138. The van der Waals surface area contributed by atoms with Gasteiger partial charge in [0.15, 0.2) is 0 Å². The summed E-state index contributed by atoms with van der Waals surface area (Å²) in [4.78, 5) is 10.4.